The molecule has 35 heavy (non-hydrogen) atoms. The van der Waals surface area contributed by atoms with E-state index in [0.717, 1.165) is 5.56 Å². The van der Waals surface area contributed by atoms with Crippen LogP contribution in [0.25, 0.3) is 5.69 Å². The summed E-state index contributed by atoms with van der Waals surface area (Å²) in [5, 5.41) is 17.1. The topological polar surface area (TPSA) is 105 Å². The number of carbonyl (C=O) groups excluding carboxylic acids is 2. The number of aromatic nitrogens is 2. The molecule has 2 aliphatic rings. The minimum absolute atomic E-state index is 0.0934. The SMILES string of the molecule is O=C(Cc1ccccc1)N[C@@H]1C(=O)N2C(C(=O)O)=C(Sc3ccnn3-c3ccc(F)cc3)CS[C@H]12. The van der Waals surface area contributed by atoms with Crippen LogP contribution in [0.4, 0.5) is 4.39 Å². The molecule has 0 unspecified atom stereocenters. The van der Waals surface area contributed by atoms with Crippen molar-refractivity contribution in [2.24, 2.45) is 0 Å². The predicted octanol–water partition coefficient (Wildman–Crippen LogP) is 3.04. The van der Waals surface area contributed by atoms with Gasteiger partial charge in [0.1, 0.15) is 28.0 Å². The lowest BCUT2D eigenvalue weighted by molar-refractivity contribution is -0.150. The maximum Gasteiger partial charge on any atom is 0.353 e. The van der Waals surface area contributed by atoms with Crippen LogP contribution in [-0.2, 0) is 20.8 Å². The molecule has 178 valence electrons. The molecule has 11 heteroatoms. The van der Waals surface area contributed by atoms with E-state index in [0.29, 0.717) is 21.4 Å². The second-order valence-corrected chi connectivity index (χ2v) is 10.1. The van der Waals surface area contributed by atoms with Gasteiger partial charge in [-0.1, -0.05) is 42.1 Å². The Morgan fingerprint density at radius 3 is 2.60 bits per heavy atom. The quantitative estimate of drug-likeness (QED) is 0.471. The molecule has 0 aliphatic carbocycles. The minimum Gasteiger partial charge on any atom is -0.477 e. The fourth-order valence-electron chi connectivity index (χ4n) is 3.95. The second kappa shape index (κ2) is 9.59. The summed E-state index contributed by atoms with van der Waals surface area (Å²) in [6, 6.07) is 15.9. The van der Waals surface area contributed by atoms with Crippen molar-refractivity contribution < 1.29 is 23.9 Å². The number of thioether (sulfide) groups is 2. The van der Waals surface area contributed by atoms with Crippen molar-refractivity contribution in [3.63, 3.8) is 0 Å². The molecule has 0 radical (unpaired) electrons. The van der Waals surface area contributed by atoms with Crippen molar-refractivity contribution in [2.75, 3.05) is 5.75 Å². The largest absolute Gasteiger partial charge is 0.477 e. The number of hydrogen-bond acceptors (Lipinski definition) is 6. The lowest BCUT2D eigenvalue weighted by Gasteiger charge is -2.49. The molecule has 3 aromatic rings. The van der Waals surface area contributed by atoms with Crippen molar-refractivity contribution in [1.29, 1.82) is 0 Å². The number of benzene rings is 2. The van der Waals surface area contributed by atoms with Gasteiger partial charge in [-0.15, -0.1) is 11.8 Å². The fourth-order valence-corrected chi connectivity index (χ4v) is 6.48. The number of nitrogens with one attached hydrogen (secondary N) is 1. The smallest absolute Gasteiger partial charge is 0.353 e. The molecule has 0 saturated carbocycles. The van der Waals surface area contributed by atoms with E-state index in [2.05, 4.69) is 10.4 Å². The number of β-lactam (4-membered cyclic amide) rings is 1. The number of halogens is 1. The summed E-state index contributed by atoms with van der Waals surface area (Å²) in [5.74, 6) is -1.99. The van der Waals surface area contributed by atoms with Gasteiger partial charge in [0.15, 0.2) is 0 Å². The van der Waals surface area contributed by atoms with Gasteiger partial charge in [0.25, 0.3) is 5.91 Å². The van der Waals surface area contributed by atoms with E-state index in [9.17, 15) is 23.9 Å². The average molecular weight is 511 g/mol. The molecule has 8 nitrogen and oxygen atoms in total. The summed E-state index contributed by atoms with van der Waals surface area (Å²) in [4.78, 5) is 39.3. The Hall–Kier alpha value is -3.57. The number of fused-ring (bicyclic) bond motifs is 1. The summed E-state index contributed by atoms with van der Waals surface area (Å²) in [7, 11) is 0. The number of amides is 2. The van der Waals surface area contributed by atoms with E-state index in [1.54, 1.807) is 29.1 Å². The Labute approximate surface area is 208 Å². The van der Waals surface area contributed by atoms with E-state index >= 15 is 0 Å². The van der Waals surface area contributed by atoms with Crippen molar-refractivity contribution in [3.05, 3.63) is 88.8 Å². The Morgan fingerprint density at radius 2 is 1.89 bits per heavy atom. The number of aliphatic carboxylic acids is 1. The van der Waals surface area contributed by atoms with Gasteiger partial charge in [-0.3, -0.25) is 14.5 Å². The van der Waals surface area contributed by atoms with E-state index in [1.165, 1.54) is 40.6 Å². The maximum absolute atomic E-state index is 13.3. The van der Waals surface area contributed by atoms with Crippen LogP contribution >= 0.6 is 23.5 Å². The van der Waals surface area contributed by atoms with E-state index in [4.69, 9.17) is 0 Å². The van der Waals surface area contributed by atoms with Crippen LogP contribution in [0.5, 0.6) is 0 Å². The van der Waals surface area contributed by atoms with Gasteiger partial charge in [0.05, 0.1) is 18.3 Å². The normalized spacial score (nSPS) is 19.2. The molecule has 1 saturated heterocycles. The highest BCUT2D eigenvalue weighted by Crippen LogP contribution is 2.45. The summed E-state index contributed by atoms with van der Waals surface area (Å²) in [5.41, 5.74) is 1.36. The number of carbonyl (C=O) groups is 3. The van der Waals surface area contributed by atoms with Crippen LogP contribution in [-0.4, -0.2) is 54.7 Å². The number of nitrogens with zero attached hydrogens (tertiary/aromatic N) is 3. The molecule has 2 N–H and O–H groups in total. The highest BCUT2D eigenvalue weighted by atomic mass is 32.2. The summed E-state index contributed by atoms with van der Waals surface area (Å²) >= 11 is 2.59. The van der Waals surface area contributed by atoms with Crippen LogP contribution < -0.4 is 5.32 Å². The van der Waals surface area contributed by atoms with Crippen LogP contribution in [0.3, 0.4) is 0 Å². The van der Waals surface area contributed by atoms with Gasteiger partial charge in [-0.25, -0.2) is 13.9 Å². The third-order valence-corrected chi connectivity index (χ3v) is 8.13. The third kappa shape index (κ3) is 4.56. The maximum atomic E-state index is 13.3. The number of carboxylic acids is 1. The monoisotopic (exact) mass is 510 g/mol. The van der Waals surface area contributed by atoms with Crippen LogP contribution in [0.15, 0.2) is 82.5 Å². The zero-order valence-electron chi connectivity index (χ0n) is 18.1. The second-order valence-electron chi connectivity index (χ2n) is 7.85. The number of hydrogen-bond donors (Lipinski definition) is 2. The van der Waals surface area contributed by atoms with Crippen LogP contribution in [0.1, 0.15) is 5.56 Å². The first-order chi connectivity index (χ1) is 16.9. The average Bonchev–Trinajstić information content (AvgIpc) is 3.31. The minimum atomic E-state index is -1.21. The predicted molar refractivity (Wildman–Crippen MR) is 129 cm³/mol. The molecular weight excluding hydrogens is 491 g/mol. The molecule has 1 aromatic heterocycles. The molecule has 2 aromatic carbocycles. The lowest BCUT2D eigenvalue weighted by atomic mass is 10.0. The zero-order chi connectivity index (χ0) is 24.5. The van der Waals surface area contributed by atoms with Gasteiger partial charge >= 0.3 is 5.97 Å². The molecule has 2 amide bonds. The molecule has 5 rings (SSSR count). The number of rotatable bonds is 7. The van der Waals surface area contributed by atoms with Gasteiger partial charge in [0, 0.05) is 10.7 Å². The Balaban J connectivity index is 1.34. The van der Waals surface area contributed by atoms with Crippen molar-refractivity contribution in [2.45, 2.75) is 22.9 Å². The Morgan fingerprint density at radius 1 is 1.14 bits per heavy atom. The third-order valence-electron chi connectivity index (χ3n) is 5.57. The van der Waals surface area contributed by atoms with Gasteiger partial charge in [0.2, 0.25) is 5.91 Å². The molecule has 2 atom stereocenters. The molecular formula is C24H19FN4O4S2. The van der Waals surface area contributed by atoms with E-state index < -0.39 is 23.3 Å². The van der Waals surface area contributed by atoms with Gasteiger partial charge in [-0.05, 0) is 35.9 Å². The summed E-state index contributed by atoms with van der Waals surface area (Å²) in [6.45, 7) is 0. The first-order valence-corrected chi connectivity index (χ1v) is 12.5. The fraction of sp³-hybridized carbons (Fsp3) is 0.167. The molecule has 1 fully saturated rings. The first-order valence-electron chi connectivity index (χ1n) is 10.6. The van der Waals surface area contributed by atoms with Gasteiger partial charge in [-0.2, -0.15) is 5.10 Å². The molecule has 0 bridgehead atoms. The van der Waals surface area contributed by atoms with E-state index in [1.807, 2.05) is 30.3 Å². The highest BCUT2D eigenvalue weighted by molar-refractivity contribution is 8.06. The first kappa shape index (κ1) is 23.2. The zero-order valence-corrected chi connectivity index (χ0v) is 19.8. The Bertz CT molecular complexity index is 1330. The molecule has 2 aliphatic heterocycles. The molecule has 3 heterocycles. The number of carboxylic acid groups (broad SMARTS) is 1. The standard InChI is InChI=1S/C24H19FN4O4S2/c25-15-6-8-16(9-7-15)29-19(10-11-26-29)35-17-13-34-23-20(22(31)28(23)21(17)24(32)33)27-18(30)12-14-4-2-1-3-5-14/h1-11,20,23H,12-13H2,(H,27,30)(H,32,33)/t20-,23-/m1/s1. The van der Waals surface area contributed by atoms with E-state index in [-0.39, 0.29) is 23.8 Å². The van der Waals surface area contributed by atoms with Crippen molar-refractivity contribution in [1.82, 2.24) is 20.0 Å². The summed E-state index contributed by atoms with van der Waals surface area (Å²) in [6.07, 6.45) is 1.71. The molecule has 0 spiro atoms. The summed E-state index contributed by atoms with van der Waals surface area (Å²) < 4.78 is 14.9. The van der Waals surface area contributed by atoms with Crippen molar-refractivity contribution in [3.8, 4) is 5.69 Å². The Kier molecular flexibility index (Phi) is 6.35. The van der Waals surface area contributed by atoms with Crippen LogP contribution in [0.2, 0.25) is 0 Å². The van der Waals surface area contributed by atoms with Gasteiger partial charge < -0.3 is 10.4 Å². The lowest BCUT2D eigenvalue weighted by Crippen LogP contribution is -2.70. The van der Waals surface area contributed by atoms with Crippen molar-refractivity contribution >= 4 is 41.3 Å². The highest BCUT2D eigenvalue weighted by Gasteiger charge is 2.54. The van der Waals surface area contributed by atoms with Crippen LogP contribution in [0, 0.1) is 5.82 Å².